The van der Waals surface area contributed by atoms with Gasteiger partial charge in [-0.2, -0.15) is 9.61 Å². The van der Waals surface area contributed by atoms with Crippen LogP contribution in [0.3, 0.4) is 0 Å². The van der Waals surface area contributed by atoms with Crippen LogP contribution in [-0.2, 0) is 11.3 Å². The van der Waals surface area contributed by atoms with Crippen LogP contribution in [0.15, 0.2) is 34.2 Å². The van der Waals surface area contributed by atoms with E-state index in [-0.39, 0.29) is 11.6 Å². The van der Waals surface area contributed by atoms with Crippen molar-refractivity contribution in [2.24, 2.45) is 4.99 Å². The second kappa shape index (κ2) is 8.25. The molecule has 1 saturated heterocycles. The molecule has 1 aliphatic heterocycles. The van der Waals surface area contributed by atoms with E-state index >= 15 is 0 Å². The van der Waals surface area contributed by atoms with Crippen LogP contribution >= 0.6 is 11.3 Å². The number of aromatic nitrogens is 5. The number of hydrogen-bond acceptors (Lipinski definition) is 8. The van der Waals surface area contributed by atoms with Crippen LogP contribution in [0.2, 0.25) is 0 Å². The lowest BCUT2D eigenvalue weighted by Crippen LogP contribution is -2.35. The second-order valence-corrected chi connectivity index (χ2v) is 9.50. The molecule has 11 heteroatoms. The maximum Gasteiger partial charge on any atom is 0.326 e. The van der Waals surface area contributed by atoms with Gasteiger partial charge in [-0.3, -0.25) is 14.9 Å². The van der Waals surface area contributed by atoms with Crippen molar-refractivity contribution < 1.29 is 9.84 Å². The molecule has 0 amide bonds. The van der Waals surface area contributed by atoms with Crippen molar-refractivity contribution in [2.75, 3.05) is 26.3 Å². The number of aromatic amines is 2. The molecule has 0 spiro atoms. The highest BCUT2D eigenvalue weighted by atomic mass is 32.1. The van der Waals surface area contributed by atoms with E-state index in [9.17, 15) is 9.90 Å². The lowest BCUT2D eigenvalue weighted by molar-refractivity contribution is 0.0346. The molecule has 2 aliphatic rings. The first-order valence-corrected chi connectivity index (χ1v) is 11.8. The van der Waals surface area contributed by atoms with Gasteiger partial charge in [0.1, 0.15) is 5.69 Å². The van der Waals surface area contributed by atoms with E-state index in [1.165, 1.54) is 4.88 Å². The van der Waals surface area contributed by atoms with Gasteiger partial charge in [-0.25, -0.2) is 9.78 Å². The largest absolute Gasteiger partial charge is 0.493 e. The monoisotopic (exact) mass is 465 g/mol. The van der Waals surface area contributed by atoms with Crippen LogP contribution in [0, 0.1) is 0 Å². The average molecular weight is 466 g/mol. The van der Waals surface area contributed by atoms with Gasteiger partial charge in [-0.1, -0.05) is 0 Å². The highest BCUT2D eigenvalue weighted by Gasteiger charge is 2.21. The Morgan fingerprint density at radius 3 is 2.88 bits per heavy atom. The van der Waals surface area contributed by atoms with Crippen molar-refractivity contribution in [3.63, 3.8) is 0 Å². The average Bonchev–Trinajstić information content (AvgIpc) is 3.19. The number of imidazole rings is 1. The molecule has 0 aromatic carbocycles. The van der Waals surface area contributed by atoms with E-state index in [0.29, 0.717) is 16.9 Å². The van der Waals surface area contributed by atoms with Crippen LogP contribution in [0.1, 0.15) is 23.4 Å². The molecule has 0 bridgehead atoms. The molecule has 10 nitrogen and oxygen atoms in total. The maximum absolute atomic E-state index is 11.5. The normalized spacial score (nSPS) is 18.5. The third kappa shape index (κ3) is 4.22. The summed E-state index contributed by atoms with van der Waals surface area (Å²) in [5, 5.41) is 15.1. The van der Waals surface area contributed by atoms with Gasteiger partial charge in [0.05, 0.1) is 36.0 Å². The maximum atomic E-state index is 11.5. The number of nitrogens with one attached hydrogen (secondary N) is 2. The second-order valence-electron chi connectivity index (χ2n) is 8.34. The summed E-state index contributed by atoms with van der Waals surface area (Å²) < 4.78 is 7.17. The Morgan fingerprint density at radius 1 is 1.27 bits per heavy atom. The van der Waals surface area contributed by atoms with Crippen molar-refractivity contribution in [2.45, 2.75) is 25.4 Å². The van der Waals surface area contributed by atoms with E-state index < -0.39 is 5.69 Å². The highest BCUT2D eigenvalue weighted by Crippen LogP contribution is 2.28. The smallest absolute Gasteiger partial charge is 0.326 e. The summed E-state index contributed by atoms with van der Waals surface area (Å²) in [6, 6.07) is 6.58. The van der Waals surface area contributed by atoms with Crippen molar-refractivity contribution >= 4 is 23.1 Å². The predicted octanol–water partition coefficient (Wildman–Crippen LogP) is 0.623. The van der Waals surface area contributed by atoms with Crippen molar-refractivity contribution in [3.05, 3.63) is 56.2 Å². The summed E-state index contributed by atoms with van der Waals surface area (Å²) in [6.45, 7) is 4.37. The SMILES string of the molecule is O=c1[nH]c(O)c(C=c2cnn3c(=NC4CC4)cc(-c4ccc(CN5CCOCC5)s4)nc23)[nH]1. The van der Waals surface area contributed by atoms with Crippen LogP contribution < -0.4 is 16.4 Å². The molecule has 33 heavy (non-hydrogen) atoms. The first kappa shape index (κ1) is 20.3. The lowest BCUT2D eigenvalue weighted by atomic mass is 10.3. The van der Waals surface area contributed by atoms with E-state index in [0.717, 1.165) is 61.7 Å². The van der Waals surface area contributed by atoms with Crippen molar-refractivity contribution in [3.8, 4) is 16.5 Å². The lowest BCUT2D eigenvalue weighted by Gasteiger charge is -2.25. The number of morpholine rings is 1. The minimum atomic E-state index is -0.473. The van der Waals surface area contributed by atoms with Gasteiger partial charge < -0.3 is 14.8 Å². The molecule has 1 saturated carbocycles. The molecule has 2 fully saturated rings. The van der Waals surface area contributed by atoms with E-state index in [4.69, 9.17) is 14.7 Å². The summed E-state index contributed by atoms with van der Waals surface area (Å²) in [4.78, 5) is 30.9. The number of rotatable bonds is 5. The zero-order valence-electron chi connectivity index (χ0n) is 17.8. The van der Waals surface area contributed by atoms with Crippen LogP contribution in [0.5, 0.6) is 5.88 Å². The van der Waals surface area contributed by atoms with Gasteiger partial charge >= 0.3 is 5.69 Å². The highest BCUT2D eigenvalue weighted by molar-refractivity contribution is 7.15. The van der Waals surface area contributed by atoms with Gasteiger partial charge in [0.15, 0.2) is 11.1 Å². The van der Waals surface area contributed by atoms with Crippen molar-refractivity contribution in [1.29, 1.82) is 0 Å². The van der Waals surface area contributed by atoms with Gasteiger partial charge in [0.2, 0.25) is 5.88 Å². The van der Waals surface area contributed by atoms with Gasteiger partial charge in [-0.15, -0.1) is 11.3 Å². The zero-order valence-corrected chi connectivity index (χ0v) is 18.6. The topological polar surface area (TPSA) is 124 Å². The number of H-pyrrole nitrogens is 2. The molecule has 0 atom stereocenters. The Kier molecular flexibility index (Phi) is 5.08. The molecule has 4 aromatic rings. The van der Waals surface area contributed by atoms with Crippen LogP contribution in [0.4, 0.5) is 0 Å². The van der Waals surface area contributed by atoms with Crippen molar-refractivity contribution in [1.82, 2.24) is 29.5 Å². The molecule has 170 valence electrons. The fourth-order valence-corrected chi connectivity index (χ4v) is 4.91. The van der Waals surface area contributed by atoms with Crippen LogP contribution in [-0.4, -0.2) is 66.9 Å². The number of hydrogen-bond donors (Lipinski definition) is 3. The fourth-order valence-electron chi connectivity index (χ4n) is 3.90. The molecule has 3 N–H and O–H groups in total. The zero-order chi connectivity index (χ0) is 22.4. The number of thiophene rings is 1. The number of ether oxygens (including phenoxy) is 1. The molecule has 0 unspecified atom stereocenters. The third-order valence-electron chi connectivity index (χ3n) is 5.77. The predicted molar refractivity (Wildman–Crippen MR) is 123 cm³/mol. The standard InChI is InChI=1S/C22H23N7O3S/c30-21-17(26-22(31)27-21)9-13-11-23-29-19(24-14-1-2-14)10-16(25-20(13)29)18-4-3-15(33-18)12-28-5-7-32-8-6-28/h3-4,9-11,14,30H,1-2,5-8,12H2,(H2,26,27,31). The Bertz CT molecular complexity index is 1490. The van der Waals surface area contributed by atoms with E-state index in [1.54, 1.807) is 28.1 Å². The molecular formula is C22H23N7O3S. The van der Waals surface area contributed by atoms with Gasteiger partial charge in [0, 0.05) is 35.8 Å². The summed E-state index contributed by atoms with van der Waals surface area (Å²) in [5.41, 5.74) is 2.02. The minimum absolute atomic E-state index is 0.218. The summed E-state index contributed by atoms with van der Waals surface area (Å²) >= 11 is 1.73. The number of aromatic hydroxyl groups is 1. The summed E-state index contributed by atoms with van der Waals surface area (Å²) in [5.74, 6) is -0.218. The third-order valence-corrected chi connectivity index (χ3v) is 6.87. The number of nitrogens with zero attached hydrogens (tertiary/aromatic N) is 5. The van der Waals surface area contributed by atoms with E-state index in [2.05, 4.69) is 32.1 Å². The molecule has 1 aliphatic carbocycles. The Labute approximate surface area is 191 Å². The Morgan fingerprint density at radius 2 is 2.12 bits per heavy atom. The Balaban J connectivity index is 1.43. The molecular weight excluding hydrogens is 442 g/mol. The minimum Gasteiger partial charge on any atom is -0.493 e. The van der Waals surface area contributed by atoms with Gasteiger partial charge in [-0.05, 0) is 31.1 Å². The first-order chi connectivity index (χ1) is 16.1. The van der Waals surface area contributed by atoms with E-state index in [1.807, 2.05) is 6.07 Å². The first-order valence-electron chi connectivity index (χ1n) is 11.0. The summed E-state index contributed by atoms with van der Waals surface area (Å²) in [6.07, 6.45) is 5.49. The molecule has 6 rings (SSSR count). The van der Waals surface area contributed by atoms with Crippen LogP contribution in [0.25, 0.3) is 22.3 Å². The molecule has 4 aromatic heterocycles. The van der Waals surface area contributed by atoms with Gasteiger partial charge in [0.25, 0.3) is 0 Å². The molecule has 0 radical (unpaired) electrons. The fraction of sp³-hybridized carbons (Fsp3) is 0.364. The summed E-state index contributed by atoms with van der Waals surface area (Å²) in [7, 11) is 0. The number of fused-ring (bicyclic) bond motifs is 1. The Hall–Kier alpha value is -3.28. The molecule has 5 heterocycles. The quantitative estimate of drug-likeness (QED) is 0.397.